The predicted octanol–water partition coefficient (Wildman–Crippen LogP) is 0.587. The molecule has 0 saturated carbocycles. The molecule has 0 saturated heterocycles. The summed E-state index contributed by atoms with van der Waals surface area (Å²) in [7, 11) is 1.58. The van der Waals surface area contributed by atoms with Crippen molar-refractivity contribution >= 4 is 5.84 Å². The molecule has 0 aliphatic carbocycles. The van der Waals surface area contributed by atoms with Crippen LogP contribution >= 0.6 is 0 Å². The number of nitrogens with one attached hydrogen (secondary N) is 1. The van der Waals surface area contributed by atoms with Gasteiger partial charge in [-0.2, -0.15) is 0 Å². The van der Waals surface area contributed by atoms with E-state index in [-0.39, 0.29) is 5.84 Å². The number of fused-ring (bicyclic) bond motifs is 1. The van der Waals surface area contributed by atoms with E-state index in [1.807, 2.05) is 18.2 Å². The number of benzene rings is 1. The maximum Gasteiger partial charge on any atom is 0.147 e. The Balaban J connectivity index is 1.77. The van der Waals surface area contributed by atoms with Crippen LogP contribution in [-0.2, 0) is 19.6 Å². The summed E-state index contributed by atoms with van der Waals surface area (Å²) in [5.41, 5.74) is 7.35. The van der Waals surface area contributed by atoms with E-state index in [2.05, 4.69) is 19.7 Å². The van der Waals surface area contributed by atoms with E-state index < -0.39 is 0 Å². The third kappa shape index (κ3) is 2.73. The quantitative estimate of drug-likeness (QED) is 0.633. The fourth-order valence-corrected chi connectivity index (χ4v) is 2.57. The number of nitrogen functional groups attached to an aromatic ring is 1. The SMILES string of the molecule is COc1ccc(CN2CCn3cnnc3C2)cc1C(=N)N. The van der Waals surface area contributed by atoms with Gasteiger partial charge in [-0.05, 0) is 17.7 Å². The first-order valence-corrected chi connectivity index (χ1v) is 6.77. The minimum absolute atomic E-state index is 0.0205. The Morgan fingerprint density at radius 3 is 3.05 bits per heavy atom. The number of nitrogens with zero attached hydrogens (tertiary/aromatic N) is 4. The predicted molar refractivity (Wildman–Crippen MR) is 78.1 cm³/mol. The van der Waals surface area contributed by atoms with E-state index >= 15 is 0 Å². The second kappa shape index (κ2) is 5.53. The first-order chi connectivity index (χ1) is 10.2. The van der Waals surface area contributed by atoms with Crippen LogP contribution in [0.1, 0.15) is 17.0 Å². The van der Waals surface area contributed by atoms with Gasteiger partial charge in [-0.15, -0.1) is 10.2 Å². The van der Waals surface area contributed by atoms with Crippen molar-refractivity contribution in [3.8, 4) is 5.75 Å². The average molecular weight is 286 g/mol. The minimum atomic E-state index is 0.0205. The van der Waals surface area contributed by atoms with Crippen LogP contribution in [0.3, 0.4) is 0 Å². The highest BCUT2D eigenvalue weighted by molar-refractivity contribution is 5.97. The number of aromatic nitrogens is 3. The van der Waals surface area contributed by atoms with Gasteiger partial charge in [-0.25, -0.2) is 0 Å². The van der Waals surface area contributed by atoms with Crippen molar-refractivity contribution in [2.75, 3.05) is 13.7 Å². The van der Waals surface area contributed by atoms with Crippen molar-refractivity contribution < 1.29 is 4.74 Å². The summed E-state index contributed by atoms with van der Waals surface area (Å²) in [4.78, 5) is 2.30. The molecule has 7 heteroatoms. The Labute approximate surface area is 122 Å². The van der Waals surface area contributed by atoms with E-state index in [1.165, 1.54) is 0 Å². The fraction of sp³-hybridized carbons (Fsp3) is 0.357. The molecule has 0 spiro atoms. The van der Waals surface area contributed by atoms with Crippen molar-refractivity contribution in [3.05, 3.63) is 41.5 Å². The van der Waals surface area contributed by atoms with Gasteiger partial charge in [-0.3, -0.25) is 10.3 Å². The van der Waals surface area contributed by atoms with Gasteiger partial charge in [0.05, 0.1) is 19.2 Å². The molecule has 0 atom stereocenters. The maximum atomic E-state index is 7.63. The molecule has 7 nitrogen and oxygen atoms in total. The molecule has 0 unspecified atom stereocenters. The molecule has 1 aromatic carbocycles. The van der Waals surface area contributed by atoms with Gasteiger partial charge < -0.3 is 15.0 Å². The van der Waals surface area contributed by atoms with Crippen LogP contribution in [0, 0.1) is 5.41 Å². The summed E-state index contributed by atoms with van der Waals surface area (Å²) in [6.07, 6.45) is 1.77. The summed E-state index contributed by atoms with van der Waals surface area (Å²) in [6, 6.07) is 5.78. The highest BCUT2D eigenvalue weighted by Crippen LogP contribution is 2.21. The molecular formula is C14H18N6O. The molecule has 1 aliphatic rings. The van der Waals surface area contributed by atoms with Gasteiger partial charge in [0, 0.05) is 19.6 Å². The molecule has 1 aliphatic heterocycles. The van der Waals surface area contributed by atoms with Crippen LogP contribution in [0.15, 0.2) is 24.5 Å². The number of methoxy groups -OCH3 is 1. The van der Waals surface area contributed by atoms with Gasteiger partial charge in [0.1, 0.15) is 23.7 Å². The summed E-state index contributed by atoms with van der Waals surface area (Å²) < 4.78 is 7.31. The molecular weight excluding hydrogens is 268 g/mol. The van der Waals surface area contributed by atoms with Crippen LogP contribution in [-0.4, -0.2) is 39.2 Å². The molecule has 2 aromatic rings. The number of ether oxygens (including phenoxy) is 1. The lowest BCUT2D eigenvalue weighted by Crippen LogP contribution is -2.33. The standard InChI is InChI=1S/C14H18N6O/c1-21-12-3-2-10(6-11(12)14(15)16)7-19-4-5-20-9-17-18-13(20)8-19/h2-3,6,9H,4-5,7-8H2,1H3,(H3,15,16). The zero-order valence-electron chi connectivity index (χ0n) is 11.9. The largest absolute Gasteiger partial charge is 0.496 e. The van der Waals surface area contributed by atoms with Crippen molar-refractivity contribution in [3.63, 3.8) is 0 Å². The van der Waals surface area contributed by atoms with Crippen LogP contribution < -0.4 is 10.5 Å². The third-order valence-corrected chi connectivity index (χ3v) is 3.68. The molecule has 21 heavy (non-hydrogen) atoms. The zero-order chi connectivity index (χ0) is 14.8. The van der Waals surface area contributed by atoms with Crippen LogP contribution in [0.5, 0.6) is 5.75 Å². The second-order valence-corrected chi connectivity index (χ2v) is 5.10. The highest BCUT2D eigenvalue weighted by Gasteiger charge is 2.18. The molecule has 3 N–H and O–H groups in total. The number of nitrogens with two attached hydrogens (primary N) is 1. The Bertz CT molecular complexity index is 665. The van der Waals surface area contributed by atoms with Gasteiger partial charge in [0.15, 0.2) is 0 Å². The van der Waals surface area contributed by atoms with Crippen molar-refractivity contribution in [2.24, 2.45) is 5.73 Å². The van der Waals surface area contributed by atoms with E-state index in [4.69, 9.17) is 15.9 Å². The lowest BCUT2D eigenvalue weighted by atomic mass is 10.1. The smallest absolute Gasteiger partial charge is 0.147 e. The maximum absolute atomic E-state index is 7.63. The Morgan fingerprint density at radius 2 is 2.29 bits per heavy atom. The monoisotopic (exact) mass is 286 g/mol. The molecule has 1 aromatic heterocycles. The molecule has 0 fully saturated rings. The van der Waals surface area contributed by atoms with Crippen LogP contribution in [0.4, 0.5) is 0 Å². The van der Waals surface area contributed by atoms with Crippen molar-refractivity contribution in [2.45, 2.75) is 19.6 Å². The number of rotatable bonds is 4. The first-order valence-electron chi connectivity index (χ1n) is 6.77. The molecule has 0 amide bonds. The number of hydrogen-bond acceptors (Lipinski definition) is 5. The summed E-state index contributed by atoms with van der Waals surface area (Å²) >= 11 is 0. The summed E-state index contributed by atoms with van der Waals surface area (Å²) in [5.74, 6) is 1.64. The van der Waals surface area contributed by atoms with E-state index in [1.54, 1.807) is 13.4 Å². The normalized spacial score (nSPS) is 14.7. The molecule has 0 bridgehead atoms. The molecule has 110 valence electrons. The van der Waals surface area contributed by atoms with Crippen LogP contribution in [0.2, 0.25) is 0 Å². The van der Waals surface area contributed by atoms with E-state index in [0.29, 0.717) is 11.3 Å². The molecule has 3 rings (SSSR count). The number of hydrogen-bond donors (Lipinski definition) is 2. The fourth-order valence-electron chi connectivity index (χ4n) is 2.57. The summed E-state index contributed by atoms with van der Waals surface area (Å²) in [6.45, 7) is 3.42. The minimum Gasteiger partial charge on any atom is -0.496 e. The number of amidine groups is 1. The Hall–Kier alpha value is -2.41. The van der Waals surface area contributed by atoms with E-state index in [9.17, 15) is 0 Å². The topological polar surface area (TPSA) is 93.0 Å². The lowest BCUT2D eigenvalue weighted by Gasteiger charge is -2.27. The van der Waals surface area contributed by atoms with Gasteiger partial charge in [-0.1, -0.05) is 6.07 Å². The van der Waals surface area contributed by atoms with Gasteiger partial charge in [0.25, 0.3) is 0 Å². The average Bonchev–Trinajstić information content (AvgIpc) is 2.94. The van der Waals surface area contributed by atoms with Crippen molar-refractivity contribution in [1.29, 1.82) is 5.41 Å². The zero-order valence-corrected chi connectivity index (χ0v) is 11.9. The van der Waals surface area contributed by atoms with Crippen LogP contribution in [0.25, 0.3) is 0 Å². The molecule has 2 heterocycles. The van der Waals surface area contributed by atoms with Crippen molar-refractivity contribution in [1.82, 2.24) is 19.7 Å². The molecule has 0 radical (unpaired) electrons. The van der Waals surface area contributed by atoms with Gasteiger partial charge in [0.2, 0.25) is 0 Å². The Morgan fingerprint density at radius 1 is 1.43 bits per heavy atom. The van der Waals surface area contributed by atoms with Gasteiger partial charge >= 0.3 is 0 Å². The third-order valence-electron chi connectivity index (χ3n) is 3.68. The Kier molecular flexibility index (Phi) is 3.57. The highest BCUT2D eigenvalue weighted by atomic mass is 16.5. The lowest BCUT2D eigenvalue weighted by molar-refractivity contribution is 0.208. The summed E-state index contributed by atoms with van der Waals surface area (Å²) in [5, 5.41) is 15.7. The van der Waals surface area contributed by atoms with E-state index in [0.717, 1.165) is 37.6 Å². The first kappa shape index (κ1) is 13.6. The second-order valence-electron chi connectivity index (χ2n) is 5.10.